The Kier molecular flexibility index (Phi) is 22.0. The van der Waals surface area contributed by atoms with E-state index in [9.17, 15) is 0 Å². The van der Waals surface area contributed by atoms with Gasteiger partial charge in [-0.05, 0) is 143 Å². The molecule has 0 N–H and O–H groups in total. The van der Waals surface area contributed by atoms with Gasteiger partial charge >= 0.3 is 0 Å². The lowest BCUT2D eigenvalue weighted by molar-refractivity contribution is 0.670. The lowest BCUT2D eigenvalue weighted by atomic mass is 10.0. The van der Waals surface area contributed by atoms with Crippen LogP contribution in [0.5, 0.6) is 0 Å². The standard InChI is InChI=1S/C45H28N4O.2C45H28N4S/c1-3-12-29(13-4-1)43-46-44(30-14-5-2-6-15-30)48-45(47-43)31-22-25-33(26-23-31)49-39-20-9-7-16-35(39)36-27-24-32(28-40(36)49)34-18-11-19-38-37-17-8-10-21-41(37)50-42(34)38;1-3-13-29(14-4-1)43-46-44(30-15-5-2-6-16-30)48-45(47-43)32-17-11-18-33(27-32)49-39-23-9-7-19-35(39)36-26-25-31(28-40(36)49)34-21-12-22-38-37-20-8-10-24-41(37)50-42(34)38;1-3-12-29(13-4-1)43-46-44(30-14-5-2-6-15-30)48-45(47-43)31-22-25-33(26-23-31)49-39-20-9-7-16-35(39)36-27-24-32(28-40(36)49)34-18-11-19-38-37-17-8-10-21-41(37)50-42(34)38/h3*1-28H. The second-order valence-corrected chi connectivity index (χ2v) is 39.5. The number of aromatic nitrogens is 12. The van der Waals surface area contributed by atoms with Gasteiger partial charge < -0.3 is 18.1 Å². The van der Waals surface area contributed by atoms with E-state index in [1.165, 1.54) is 106 Å². The number of hydrogen-bond donors (Lipinski definition) is 0. The number of thiophene rings is 2. The van der Waals surface area contributed by atoms with Gasteiger partial charge in [-0.2, -0.15) is 0 Å². The third kappa shape index (κ3) is 15.9. The van der Waals surface area contributed by atoms with Crippen LogP contribution in [-0.2, 0) is 0 Å². The Morgan fingerprint density at radius 2 is 0.407 bits per heavy atom. The molecule has 0 bridgehead atoms. The Morgan fingerprint density at radius 1 is 0.153 bits per heavy atom. The molecule has 0 aliphatic rings. The van der Waals surface area contributed by atoms with Crippen LogP contribution in [0.15, 0.2) is 514 Å². The Bertz CT molecular complexity index is 9900. The molecule has 0 aliphatic heterocycles. The van der Waals surface area contributed by atoms with Crippen molar-refractivity contribution in [2.24, 2.45) is 0 Å². The van der Waals surface area contributed by atoms with Crippen LogP contribution in [-0.4, -0.2) is 58.6 Å². The van der Waals surface area contributed by atoms with Crippen molar-refractivity contribution in [3.05, 3.63) is 510 Å². The van der Waals surface area contributed by atoms with Gasteiger partial charge in [-0.15, -0.1) is 22.7 Å². The maximum Gasteiger partial charge on any atom is 0.164 e. The van der Waals surface area contributed by atoms with Gasteiger partial charge in [0, 0.05) is 156 Å². The summed E-state index contributed by atoms with van der Waals surface area (Å²) in [4.78, 5) is 44.4. The summed E-state index contributed by atoms with van der Waals surface area (Å²) in [5.74, 6) is 5.81. The highest BCUT2D eigenvalue weighted by Crippen LogP contribution is 2.48. The highest BCUT2D eigenvalue weighted by molar-refractivity contribution is 7.26. The first-order chi connectivity index (χ1) is 74.3. The summed E-state index contributed by atoms with van der Waals surface area (Å²) < 4.78 is 18.8. The second kappa shape index (κ2) is 37.5. The third-order valence-electron chi connectivity index (χ3n) is 28.4. The number of benzene rings is 21. The second-order valence-electron chi connectivity index (χ2n) is 37.4. The summed E-state index contributed by atoms with van der Waals surface area (Å²) in [6, 6.07) is 178. The quantitative estimate of drug-likeness (QED) is 0.0973. The van der Waals surface area contributed by atoms with Crippen LogP contribution in [0, 0.1) is 0 Å². The minimum Gasteiger partial charge on any atom is -0.455 e. The molecule has 13 nitrogen and oxygen atoms in total. The molecule has 0 saturated carbocycles. The SMILES string of the molecule is c1ccc(-c2nc(-c3ccccc3)nc(-c3ccc(-n4c5ccccc5c5ccc(-c6cccc7c6oc6ccccc67)cc54)cc3)n2)cc1.c1ccc(-c2nc(-c3ccccc3)nc(-c3ccc(-n4c5ccccc5c5ccc(-c6cccc7c6sc6ccccc67)cc54)cc3)n2)cc1.c1ccc(-c2nc(-c3ccccc3)nc(-c3cccc(-n4c5ccccc5c5ccc(-c6cccc7c6sc6ccccc67)cc54)c3)n2)cc1. The van der Waals surface area contributed by atoms with Crippen molar-refractivity contribution in [2.75, 3.05) is 0 Å². The average Bonchev–Trinajstić information content (AvgIpc) is 1.59. The Labute approximate surface area is 869 Å². The zero-order valence-corrected chi connectivity index (χ0v) is 82.2. The van der Waals surface area contributed by atoms with Gasteiger partial charge in [-0.3, -0.25) is 0 Å². The van der Waals surface area contributed by atoms with Crippen molar-refractivity contribution in [1.29, 1.82) is 0 Å². The molecule has 9 aromatic heterocycles. The van der Waals surface area contributed by atoms with Crippen molar-refractivity contribution in [3.63, 3.8) is 0 Å². The normalized spacial score (nSPS) is 11.6. The predicted octanol–water partition coefficient (Wildman–Crippen LogP) is 35.5. The largest absolute Gasteiger partial charge is 0.455 e. The summed E-state index contributed by atoms with van der Waals surface area (Å²) in [5, 5.41) is 14.8. The molecule has 0 spiro atoms. The van der Waals surface area contributed by atoms with E-state index in [1.54, 1.807) is 0 Å². The van der Waals surface area contributed by atoms with E-state index in [1.807, 2.05) is 217 Å². The van der Waals surface area contributed by atoms with E-state index in [4.69, 9.17) is 49.3 Å². The topological polar surface area (TPSA) is 144 Å². The third-order valence-corrected chi connectivity index (χ3v) is 30.8. The number of para-hydroxylation sites is 5. The van der Waals surface area contributed by atoms with Crippen LogP contribution in [0.4, 0.5) is 0 Å². The fourth-order valence-corrected chi connectivity index (χ4v) is 23.8. The van der Waals surface area contributed by atoms with Gasteiger partial charge in [0.25, 0.3) is 0 Å². The highest BCUT2D eigenvalue weighted by Gasteiger charge is 2.25. The minimum atomic E-state index is 0.632. The number of furan rings is 1. The zero-order chi connectivity index (χ0) is 99.1. The summed E-state index contributed by atoms with van der Waals surface area (Å²) in [6.45, 7) is 0. The Hall–Kier alpha value is -19.7. The van der Waals surface area contributed by atoms with Crippen LogP contribution in [0.2, 0.25) is 0 Å². The molecular formula is C135H84N12OS2. The van der Waals surface area contributed by atoms with Gasteiger partial charge in [-0.1, -0.05) is 394 Å². The van der Waals surface area contributed by atoms with Gasteiger partial charge in [0.05, 0.1) is 33.1 Å². The monoisotopic (exact) mass is 1950 g/mol. The van der Waals surface area contributed by atoms with E-state index in [0.717, 1.165) is 122 Å². The summed E-state index contributed by atoms with van der Waals surface area (Å²) >= 11 is 3.74. The number of fused-ring (bicyclic) bond motifs is 18. The summed E-state index contributed by atoms with van der Waals surface area (Å²) in [6.07, 6.45) is 0. The molecule has 21 aromatic carbocycles. The minimum absolute atomic E-state index is 0.632. The molecular weight excluding hydrogens is 1870 g/mol. The molecule has 0 unspecified atom stereocenters. The molecule has 15 heteroatoms. The van der Waals surface area contributed by atoms with Gasteiger partial charge in [0.15, 0.2) is 52.4 Å². The van der Waals surface area contributed by atoms with Crippen LogP contribution in [0.25, 0.3) is 281 Å². The van der Waals surface area contributed by atoms with E-state index in [-0.39, 0.29) is 0 Å². The molecule has 150 heavy (non-hydrogen) atoms. The molecule has 0 fully saturated rings. The molecule has 9 heterocycles. The Balaban J connectivity index is 0.000000108. The van der Waals surface area contributed by atoms with Crippen LogP contribution < -0.4 is 0 Å². The van der Waals surface area contributed by atoms with E-state index >= 15 is 0 Å². The molecule has 30 aromatic rings. The smallest absolute Gasteiger partial charge is 0.164 e. The average molecular weight is 1950 g/mol. The fraction of sp³-hybridized carbons (Fsp3) is 0. The van der Waals surface area contributed by atoms with E-state index < -0.39 is 0 Å². The molecule has 0 aliphatic carbocycles. The lowest BCUT2D eigenvalue weighted by Crippen LogP contribution is -2.01. The zero-order valence-electron chi connectivity index (χ0n) is 80.6. The molecule has 0 amide bonds. The molecule has 702 valence electrons. The van der Waals surface area contributed by atoms with Crippen molar-refractivity contribution in [2.45, 2.75) is 0 Å². The predicted molar refractivity (Wildman–Crippen MR) is 621 cm³/mol. The fourth-order valence-electron chi connectivity index (χ4n) is 21.3. The summed E-state index contributed by atoms with van der Waals surface area (Å²) in [5.41, 5.74) is 27.5. The van der Waals surface area contributed by atoms with Crippen molar-refractivity contribution >= 4 is 150 Å². The van der Waals surface area contributed by atoms with Crippen molar-refractivity contribution in [1.82, 2.24) is 58.6 Å². The summed E-state index contributed by atoms with van der Waals surface area (Å²) in [7, 11) is 0. The van der Waals surface area contributed by atoms with Crippen molar-refractivity contribution < 1.29 is 4.42 Å². The molecule has 30 rings (SSSR count). The van der Waals surface area contributed by atoms with Crippen LogP contribution >= 0.6 is 22.7 Å². The van der Waals surface area contributed by atoms with Crippen LogP contribution in [0.3, 0.4) is 0 Å². The highest BCUT2D eigenvalue weighted by atomic mass is 32.1. The lowest BCUT2D eigenvalue weighted by Gasteiger charge is -2.12. The first kappa shape index (κ1) is 88.0. The molecule has 0 radical (unpaired) electrons. The van der Waals surface area contributed by atoms with Gasteiger partial charge in [-0.25, -0.2) is 44.9 Å². The first-order valence-corrected chi connectivity index (χ1v) is 51.7. The van der Waals surface area contributed by atoms with Crippen molar-refractivity contribution in [3.8, 4) is 153 Å². The van der Waals surface area contributed by atoms with Gasteiger partial charge in [0.2, 0.25) is 0 Å². The number of rotatable bonds is 15. The number of nitrogens with zero attached hydrogens (tertiary/aromatic N) is 12. The van der Waals surface area contributed by atoms with E-state index in [2.05, 4.69) is 329 Å². The Morgan fingerprint density at radius 3 is 0.773 bits per heavy atom. The molecule has 0 saturated heterocycles. The van der Waals surface area contributed by atoms with E-state index in [0.29, 0.717) is 52.4 Å². The number of hydrogen-bond acceptors (Lipinski definition) is 12. The first-order valence-electron chi connectivity index (χ1n) is 50.1. The maximum atomic E-state index is 6.43. The van der Waals surface area contributed by atoms with Gasteiger partial charge in [0.1, 0.15) is 11.2 Å². The maximum absolute atomic E-state index is 6.43. The van der Waals surface area contributed by atoms with Crippen LogP contribution in [0.1, 0.15) is 0 Å². The molecule has 0 atom stereocenters.